The van der Waals surface area contributed by atoms with Gasteiger partial charge in [0.15, 0.2) is 11.5 Å². The molecule has 2 heterocycles. The maximum Gasteiger partial charge on any atom is 0.251 e. The highest BCUT2D eigenvalue weighted by atomic mass is 16.5. The summed E-state index contributed by atoms with van der Waals surface area (Å²) in [5.41, 5.74) is 3.38. The fourth-order valence-corrected chi connectivity index (χ4v) is 6.43. The summed E-state index contributed by atoms with van der Waals surface area (Å²) in [6.45, 7) is 0.857. The molecule has 0 radical (unpaired) electrons. The number of aliphatic hydroxyl groups excluding tert-OH is 1. The van der Waals surface area contributed by atoms with E-state index in [0.29, 0.717) is 22.9 Å². The number of nitrogens with zero attached hydrogens (tertiary/aromatic N) is 1. The normalized spacial score (nSPS) is 32.3. The molecular formula is C25H26N2O4. The van der Waals surface area contributed by atoms with Crippen LogP contribution in [0.3, 0.4) is 0 Å². The zero-order chi connectivity index (χ0) is 21.3. The van der Waals surface area contributed by atoms with Crippen molar-refractivity contribution >= 4 is 5.91 Å². The van der Waals surface area contributed by atoms with Crippen molar-refractivity contribution in [2.24, 2.45) is 5.92 Å². The summed E-state index contributed by atoms with van der Waals surface area (Å²) in [6, 6.07) is 10.9. The Morgan fingerprint density at radius 2 is 2.16 bits per heavy atom. The van der Waals surface area contributed by atoms with Crippen LogP contribution in [0.1, 0.15) is 33.5 Å². The predicted molar refractivity (Wildman–Crippen MR) is 115 cm³/mol. The van der Waals surface area contributed by atoms with Crippen molar-refractivity contribution < 1.29 is 19.7 Å². The molecule has 1 fully saturated rings. The first-order valence-corrected chi connectivity index (χ1v) is 10.9. The molecule has 2 unspecified atom stereocenters. The number of likely N-dealkylation sites (tertiary alicyclic amines) is 1. The second-order valence-electron chi connectivity index (χ2n) is 9.30. The molecule has 160 valence electrons. The number of carbonyl (C=O) groups is 1. The van der Waals surface area contributed by atoms with Gasteiger partial charge in [0.05, 0.1) is 12.6 Å². The van der Waals surface area contributed by atoms with Gasteiger partial charge in [0.2, 0.25) is 0 Å². The van der Waals surface area contributed by atoms with Crippen LogP contribution in [0.15, 0.2) is 48.6 Å². The second-order valence-corrected chi connectivity index (χ2v) is 9.30. The van der Waals surface area contributed by atoms with Crippen molar-refractivity contribution in [2.75, 3.05) is 13.6 Å². The molecule has 6 nitrogen and oxygen atoms in total. The van der Waals surface area contributed by atoms with Gasteiger partial charge in [0.25, 0.3) is 5.91 Å². The highest BCUT2D eigenvalue weighted by molar-refractivity contribution is 5.94. The van der Waals surface area contributed by atoms with E-state index in [4.69, 9.17) is 4.74 Å². The van der Waals surface area contributed by atoms with Crippen molar-refractivity contribution in [3.05, 3.63) is 70.8 Å². The Balaban J connectivity index is 1.41. The maximum absolute atomic E-state index is 13.1. The lowest BCUT2D eigenvalue weighted by molar-refractivity contribution is -0.00855. The Hall–Kier alpha value is -2.83. The number of benzene rings is 2. The van der Waals surface area contributed by atoms with E-state index < -0.39 is 0 Å². The minimum Gasteiger partial charge on any atom is -0.504 e. The van der Waals surface area contributed by atoms with Crippen LogP contribution in [0.5, 0.6) is 11.5 Å². The number of likely N-dealkylation sites (N-methyl/N-ethyl adjacent to an activating group) is 1. The second kappa shape index (κ2) is 6.58. The van der Waals surface area contributed by atoms with Crippen LogP contribution in [0.25, 0.3) is 0 Å². The quantitative estimate of drug-likeness (QED) is 0.666. The molecule has 6 heteroatoms. The number of aromatic hydroxyl groups is 1. The zero-order valence-electron chi connectivity index (χ0n) is 17.4. The van der Waals surface area contributed by atoms with E-state index in [1.54, 1.807) is 30.3 Å². The number of carbonyl (C=O) groups excluding carboxylic acids is 1. The van der Waals surface area contributed by atoms with Gasteiger partial charge in [-0.05, 0) is 55.8 Å². The fraction of sp³-hybridized carbons (Fsp3) is 0.400. The number of rotatable bonds is 3. The number of hydrogen-bond donors (Lipinski definition) is 3. The number of nitrogens with one attached hydrogen (secondary N) is 1. The summed E-state index contributed by atoms with van der Waals surface area (Å²) in [5.74, 6) is 0.877. The van der Waals surface area contributed by atoms with E-state index in [0.717, 1.165) is 24.9 Å². The molecule has 0 saturated carbocycles. The standard InChI is InChI=1S/C25H26N2O4/c1-27-10-9-25-17-6-7-18(26-24(30)16-4-2-3-14(11-16)13-28)23(25)31-22-20(29)8-5-15(21(22)25)12-19(17)27/h2-8,11,17-19,23,28-29H,9-10,12-13H2,1H3,(H,26,30)/t17?,18-,19-,23?,25+/m1/s1. The van der Waals surface area contributed by atoms with E-state index in [-0.39, 0.29) is 41.7 Å². The van der Waals surface area contributed by atoms with E-state index in [9.17, 15) is 15.0 Å². The van der Waals surface area contributed by atoms with Crippen LogP contribution in [-0.2, 0) is 18.4 Å². The highest BCUT2D eigenvalue weighted by Crippen LogP contribution is 2.62. The Labute approximate surface area is 181 Å². The van der Waals surface area contributed by atoms with Gasteiger partial charge < -0.3 is 25.2 Å². The molecule has 4 aliphatic rings. The number of ether oxygens (including phenoxy) is 1. The monoisotopic (exact) mass is 418 g/mol. The van der Waals surface area contributed by atoms with Gasteiger partial charge in [0, 0.05) is 28.5 Å². The molecule has 31 heavy (non-hydrogen) atoms. The number of phenols is 1. The molecule has 2 aliphatic heterocycles. The van der Waals surface area contributed by atoms with Gasteiger partial charge in [-0.1, -0.05) is 30.4 Å². The largest absolute Gasteiger partial charge is 0.504 e. The summed E-state index contributed by atoms with van der Waals surface area (Å²) in [4.78, 5) is 15.5. The summed E-state index contributed by atoms with van der Waals surface area (Å²) in [7, 11) is 2.19. The van der Waals surface area contributed by atoms with E-state index >= 15 is 0 Å². The molecule has 3 N–H and O–H groups in total. The van der Waals surface area contributed by atoms with Gasteiger partial charge in [-0.2, -0.15) is 0 Å². The van der Waals surface area contributed by atoms with Crippen LogP contribution in [0.2, 0.25) is 0 Å². The van der Waals surface area contributed by atoms with Crippen molar-refractivity contribution in [1.82, 2.24) is 10.2 Å². The topological polar surface area (TPSA) is 82.0 Å². The summed E-state index contributed by atoms with van der Waals surface area (Å²) in [5, 5.41) is 23.2. The van der Waals surface area contributed by atoms with Crippen molar-refractivity contribution in [2.45, 2.75) is 43.1 Å². The molecule has 1 amide bonds. The highest BCUT2D eigenvalue weighted by Gasteiger charge is 2.64. The fourth-order valence-electron chi connectivity index (χ4n) is 6.43. The molecule has 2 aromatic carbocycles. The first-order chi connectivity index (χ1) is 15.0. The molecule has 2 aliphatic carbocycles. The van der Waals surface area contributed by atoms with Gasteiger partial charge in [0.1, 0.15) is 6.10 Å². The Morgan fingerprint density at radius 1 is 1.29 bits per heavy atom. The molecule has 2 bridgehead atoms. The van der Waals surface area contributed by atoms with Crippen LogP contribution < -0.4 is 10.1 Å². The van der Waals surface area contributed by atoms with Gasteiger partial charge in [-0.3, -0.25) is 4.79 Å². The molecule has 0 aromatic heterocycles. The predicted octanol–water partition coefficient (Wildman–Crippen LogP) is 2.13. The lowest BCUT2D eigenvalue weighted by Gasteiger charge is -2.57. The number of phenolic OH excluding ortho intramolecular Hbond substituents is 1. The molecule has 6 rings (SSSR count). The number of amides is 1. The third kappa shape index (κ3) is 2.49. The van der Waals surface area contributed by atoms with Crippen LogP contribution in [0.4, 0.5) is 0 Å². The first-order valence-electron chi connectivity index (χ1n) is 10.9. The summed E-state index contributed by atoms with van der Waals surface area (Å²) < 4.78 is 6.46. The zero-order valence-corrected chi connectivity index (χ0v) is 17.4. The van der Waals surface area contributed by atoms with E-state index in [1.807, 2.05) is 6.07 Å². The number of hydrogen-bond acceptors (Lipinski definition) is 5. The first kappa shape index (κ1) is 18.9. The SMILES string of the molecule is CN1CC[C@]23c4c5ccc(O)c4OC2[C@H](NC(=O)c2cccc(CO)c2)C=CC3[C@H]1C5. The van der Waals surface area contributed by atoms with E-state index in [1.165, 1.54) is 5.56 Å². The molecular weight excluding hydrogens is 392 g/mol. The van der Waals surface area contributed by atoms with Gasteiger partial charge in [-0.25, -0.2) is 0 Å². The van der Waals surface area contributed by atoms with Crippen molar-refractivity contribution in [3.63, 3.8) is 0 Å². The smallest absolute Gasteiger partial charge is 0.251 e. The minimum atomic E-state index is -0.302. The molecule has 1 saturated heterocycles. The Morgan fingerprint density at radius 3 is 3.00 bits per heavy atom. The van der Waals surface area contributed by atoms with Crippen molar-refractivity contribution in [3.8, 4) is 11.5 Å². The van der Waals surface area contributed by atoms with Crippen LogP contribution >= 0.6 is 0 Å². The lowest BCUT2D eigenvalue weighted by atomic mass is 9.53. The average Bonchev–Trinajstić information content (AvgIpc) is 3.14. The lowest BCUT2D eigenvalue weighted by Crippen LogP contribution is -2.66. The molecule has 5 atom stereocenters. The van der Waals surface area contributed by atoms with E-state index in [2.05, 4.69) is 29.4 Å². The Bertz CT molecular complexity index is 1110. The average molecular weight is 418 g/mol. The third-order valence-electron chi connectivity index (χ3n) is 7.85. The Kier molecular flexibility index (Phi) is 4.01. The minimum absolute atomic E-state index is 0.104. The summed E-state index contributed by atoms with van der Waals surface area (Å²) in [6.07, 6.45) is 5.94. The van der Waals surface area contributed by atoms with Crippen LogP contribution in [-0.4, -0.2) is 52.8 Å². The van der Waals surface area contributed by atoms with Gasteiger partial charge >= 0.3 is 0 Å². The van der Waals surface area contributed by atoms with Crippen LogP contribution in [0, 0.1) is 5.92 Å². The molecule has 1 spiro atoms. The maximum atomic E-state index is 13.1. The van der Waals surface area contributed by atoms with Gasteiger partial charge in [-0.15, -0.1) is 0 Å². The summed E-state index contributed by atoms with van der Waals surface area (Å²) >= 11 is 0. The van der Waals surface area contributed by atoms with Crippen molar-refractivity contribution in [1.29, 1.82) is 0 Å². The molecule has 2 aromatic rings. The third-order valence-corrected chi connectivity index (χ3v) is 7.85. The number of aliphatic hydroxyl groups is 1. The number of piperidine rings is 1.